The molecule has 0 radical (unpaired) electrons. The second kappa shape index (κ2) is 4.21. The molecule has 0 spiro atoms. The summed E-state index contributed by atoms with van der Waals surface area (Å²) in [4.78, 5) is 16.4. The van der Waals surface area contributed by atoms with Crippen LogP contribution in [0.3, 0.4) is 0 Å². The van der Waals surface area contributed by atoms with Gasteiger partial charge in [-0.15, -0.1) is 5.17 Å². The largest absolute Gasteiger partial charge is 0.393 e. The molecule has 0 saturated carbocycles. The van der Waals surface area contributed by atoms with Crippen LogP contribution in [0, 0.1) is 0 Å². The van der Waals surface area contributed by atoms with Gasteiger partial charge in [0.2, 0.25) is 0 Å². The van der Waals surface area contributed by atoms with Crippen LogP contribution in [0.25, 0.3) is 11.2 Å². The van der Waals surface area contributed by atoms with E-state index >= 15 is 0 Å². The molecule has 2 aromatic heterocycles. The first-order chi connectivity index (χ1) is 9.46. The van der Waals surface area contributed by atoms with Gasteiger partial charge in [0.1, 0.15) is 18.8 Å². The van der Waals surface area contributed by atoms with Gasteiger partial charge >= 0.3 is 5.98 Å². The van der Waals surface area contributed by atoms with Crippen LogP contribution in [-0.2, 0) is 4.84 Å². The fourth-order valence-corrected chi connectivity index (χ4v) is 1.92. The molecule has 20 heavy (non-hydrogen) atoms. The first-order valence-corrected chi connectivity index (χ1v) is 5.58. The molecule has 1 aliphatic rings. The van der Waals surface area contributed by atoms with E-state index in [0.717, 1.165) is 17.3 Å². The number of aromatic nitrogens is 4. The number of aliphatic hydroxyl groups excluding tert-OH is 2. The van der Waals surface area contributed by atoms with Crippen LogP contribution in [-0.4, -0.2) is 59.7 Å². The molecule has 0 amide bonds. The lowest BCUT2D eigenvalue weighted by molar-refractivity contribution is -0.172. The number of nitrogen functional groups attached to an aromatic ring is 1. The molecule has 0 aromatic carbocycles. The highest BCUT2D eigenvalue weighted by Gasteiger charge is 2.56. The Labute approximate surface area is 110 Å². The second-order valence-electron chi connectivity index (χ2n) is 4.20. The molecule has 1 saturated heterocycles. The van der Waals surface area contributed by atoms with Gasteiger partial charge in [0.25, 0.3) is 0 Å². The smallest absolute Gasteiger partial charge is 0.353 e. The Bertz CT molecular complexity index is 648. The molecule has 10 nitrogen and oxygen atoms in total. The zero-order chi connectivity index (χ0) is 14.5. The summed E-state index contributed by atoms with van der Waals surface area (Å²) in [5.74, 6) is -3.20. The topological polar surface area (TPSA) is 143 Å². The summed E-state index contributed by atoms with van der Waals surface area (Å²) >= 11 is 0. The summed E-state index contributed by atoms with van der Waals surface area (Å²) < 4.78 is 15.1. The third-order valence-electron chi connectivity index (χ3n) is 2.95. The average Bonchev–Trinajstić information content (AvgIpc) is 2.92. The number of rotatable bonds is 2. The standard InChI is InChI=1S/C9H11FN6O4/c10-9(19)6(18)4(1-17)20-16(9)15-3-14-5-7(11)12-2-13-8(5)15/h2-4,6,17-19H,1H2,(H2,11,12,13)/t4-,6-,9+/m1/s1. The number of halogens is 1. The molecule has 3 heterocycles. The Kier molecular flexibility index (Phi) is 2.72. The highest BCUT2D eigenvalue weighted by molar-refractivity contribution is 5.81. The molecule has 1 aliphatic heterocycles. The fourth-order valence-electron chi connectivity index (χ4n) is 1.92. The molecule has 0 unspecified atom stereocenters. The SMILES string of the molecule is Nc1ncnc2c1ncn2N1O[C@H](CO)[C@@H](O)[C@]1(O)F. The summed E-state index contributed by atoms with van der Waals surface area (Å²) in [5.41, 5.74) is 5.83. The lowest BCUT2D eigenvalue weighted by atomic mass is 10.2. The van der Waals surface area contributed by atoms with Gasteiger partial charge in [0.05, 0.1) is 6.61 Å². The highest BCUT2D eigenvalue weighted by atomic mass is 19.2. The van der Waals surface area contributed by atoms with Crippen molar-refractivity contribution in [1.82, 2.24) is 19.6 Å². The number of nitrogens with zero attached hydrogens (tertiary/aromatic N) is 5. The minimum Gasteiger partial charge on any atom is -0.393 e. The summed E-state index contributed by atoms with van der Waals surface area (Å²) in [6.07, 6.45) is -1.08. The van der Waals surface area contributed by atoms with E-state index in [2.05, 4.69) is 15.0 Å². The molecule has 11 heteroatoms. The van der Waals surface area contributed by atoms with Crippen molar-refractivity contribution in [3.8, 4) is 0 Å². The number of nitrogens with two attached hydrogens (primary N) is 1. The predicted octanol–water partition coefficient (Wildman–Crippen LogP) is -2.37. The van der Waals surface area contributed by atoms with E-state index in [1.54, 1.807) is 0 Å². The lowest BCUT2D eigenvalue weighted by Crippen LogP contribution is -2.52. The summed E-state index contributed by atoms with van der Waals surface area (Å²) in [6, 6.07) is 0. The predicted molar refractivity (Wildman–Crippen MR) is 62.0 cm³/mol. The minimum absolute atomic E-state index is 0.0644. The molecule has 108 valence electrons. The van der Waals surface area contributed by atoms with Crippen LogP contribution >= 0.6 is 0 Å². The number of anilines is 1. The fraction of sp³-hybridized carbons (Fsp3) is 0.444. The van der Waals surface area contributed by atoms with Gasteiger partial charge in [-0.3, -0.25) is 0 Å². The zero-order valence-electron chi connectivity index (χ0n) is 9.96. The van der Waals surface area contributed by atoms with Crippen LogP contribution in [0.5, 0.6) is 0 Å². The number of hydrogen-bond donors (Lipinski definition) is 4. The maximum absolute atomic E-state index is 14.2. The van der Waals surface area contributed by atoms with Crippen molar-refractivity contribution < 1.29 is 24.5 Å². The molecule has 2 aromatic rings. The van der Waals surface area contributed by atoms with Gasteiger partial charge in [0, 0.05) is 0 Å². The van der Waals surface area contributed by atoms with Gasteiger partial charge in [-0.1, -0.05) is 0 Å². The summed E-state index contributed by atoms with van der Waals surface area (Å²) in [5, 5.41) is 28.6. The number of aliphatic hydroxyl groups is 3. The Morgan fingerprint density at radius 1 is 1.45 bits per heavy atom. The number of imidazole rings is 1. The van der Waals surface area contributed by atoms with Gasteiger partial charge < -0.3 is 21.1 Å². The van der Waals surface area contributed by atoms with Crippen LogP contribution in [0.4, 0.5) is 10.2 Å². The Hall–Kier alpha value is -2.08. The first-order valence-electron chi connectivity index (χ1n) is 5.58. The molecular formula is C9H11FN6O4. The van der Waals surface area contributed by atoms with Crippen molar-refractivity contribution in [2.75, 3.05) is 17.5 Å². The number of hydrogen-bond acceptors (Lipinski definition) is 9. The van der Waals surface area contributed by atoms with Gasteiger partial charge in [-0.25, -0.2) is 19.8 Å². The molecule has 3 atom stereocenters. The van der Waals surface area contributed by atoms with Crippen LogP contribution in [0.2, 0.25) is 0 Å². The normalized spacial score (nSPS) is 30.3. The average molecular weight is 286 g/mol. The van der Waals surface area contributed by atoms with Crippen LogP contribution in [0.15, 0.2) is 12.7 Å². The van der Waals surface area contributed by atoms with Crippen molar-refractivity contribution in [3.63, 3.8) is 0 Å². The molecule has 3 rings (SSSR count). The summed E-state index contributed by atoms with van der Waals surface area (Å²) in [6.45, 7) is -0.687. The summed E-state index contributed by atoms with van der Waals surface area (Å²) in [7, 11) is 0. The first kappa shape index (κ1) is 12.9. The van der Waals surface area contributed by atoms with Crippen molar-refractivity contribution >= 4 is 17.0 Å². The van der Waals surface area contributed by atoms with Crippen LogP contribution in [0.1, 0.15) is 0 Å². The van der Waals surface area contributed by atoms with Crippen LogP contribution < -0.4 is 10.9 Å². The maximum atomic E-state index is 14.2. The molecular weight excluding hydrogens is 275 g/mol. The van der Waals surface area contributed by atoms with Gasteiger partial charge in [-0.2, -0.15) is 9.07 Å². The van der Waals surface area contributed by atoms with Crippen molar-refractivity contribution in [2.24, 2.45) is 0 Å². The van der Waals surface area contributed by atoms with E-state index in [1.165, 1.54) is 0 Å². The zero-order valence-corrected chi connectivity index (χ0v) is 9.96. The third kappa shape index (κ3) is 1.61. The van der Waals surface area contributed by atoms with E-state index in [9.17, 15) is 14.6 Å². The second-order valence-corrected chi connectivity index (χ2v) is 4.20. The molecule has 0 aliphatic carbocycles. The number of alkyl halides is 1. The van der Waals surface area contributed by atoms with E-state index in [4.69, 9.17) is 15.7 Å². The maximum Gasteiger partial charge on any atom is 0.353 e. The third-order valence-corrected chi connectivity index (χ3v) is 2.95. The minimum atomic E-state index is -3.26. The molecule has 0 bridgehead atoms. The highest BCUT2D eigenvalue weighted by Crippen LogP contribution is 2.31. The lowest BCUT2D eigenvalue weighted by Gasteiger charge is -2.26. The van der Waals surface area contributed by atoms with E-state index in [1.807, 2.05) is 0 Å². The Balaban J connectivity index is 2.10. The van der Waals surface area contributed by atoms with E-state index < -0.39 is 24.8 Å². The van der Waals surface area contributed by atoms with E-state index in [0.29, 0.717) is 5.17 Å². The van der Waals surface area contributed by atoms with Crippen molar-refractivity contribution in [1.29, 1.82) is 0 Å². The monoisotopic (exact) mass is 286 g/mol. The number of hydroxylamine groups is 1. The Morgan fingerprint density at radius 3 is 2.85 bits per heavy atom. The molecule has 1 fully saturated rings. The van der Waals surface area contributed by atoms with Crippen molar-refractivity contribution in [3.05, 3.63) is 12.7 Å². The molecule has 5 N–H and O–H groups in total. The van der Waals surface area contributed by atoms with Gasteiger partial charge in [0.15, 0.2) is 23.1 Å². The Morgan fingerprint density at radius 2 is 2.20 bits per heavy atom. The number of fused-ring (bicyclic) bond motifs is 1. The van der Waals surface area contributed by atoms with Gasteiger partial charge in [-0.05, 0) is 0 Å². The van der Waals surface area contributed by atoms with Crippen molar-refractivity contribution in [2.45, 2.75) is 18.2 Å². The van der Waals surface area contributed by atoms with E-state index in [-0.39, 0.29) is 17.0 Å². The quantitative estimate of drug-likeness (QED) is 0.445.